The number of rotatable bonds is 7. The number of hydrogen-bond donors (Lipinski definition) is 3. The topological polar surface area (TPSA) is 97.1 Å². The molecule has 0 spiro atoms. The Balaban J connectivity index is 1.28. The van der Waals surface area contributed by atoms with Crippen molar-refractivity contribution in [2.45, 2.75) is 62.8 Å². The molecule has 1 heterocycles. The second-order valence-electron chi connectivity index (χ2n) is 9.57. The van der Waals surface area contributed by atoms with Gasteiger partial charge in [-0.15, -0.1) is 0 Å². The van der Waals surface area contributed by atoms with E-state index >= 15 is 0 Å². The number of halogens is 1. The molecule has 1 aromatic heterocycles. The van der Waals surface area contributed by atoms with E-state index in [0.29, 0.717) is 6.54 Å². The average Bonchev–Trinajstić information content (AvgIpc) is 3.33. The molecule has 2 fully saturated rings. The van der Waals surface area contributed by atoms with E-state index in [4.69, 9.17) is 5.73 Å². The second kappa shape index (κ2) is 10.4. The molecule has 2 aromatic rings. The number of amides is 2. The minimum absolute atomic E-state index is 0.0140. The third-order valence-electron chi connectivity index (χ3n) is 7.52. The Hall–Kier alpha value is -2.80. The van der Waals surface area contributed by atoms with Gasteiger partial charge in [-0.25, -0.2) is 4.39 Å². The summed E-state index contributed by atoms with van der Waals surface area (Å²) >= 11 is 0. The van der Waals surface area contributed by atoms with Crippen LogP contribution in [0.15, 0.2) is 48.8 Å². The average molecular weight is 453 g/mol. The van der Waals surface area contributed by atoms with Gasteiger partial charge in [-0.05, 0) is 74.3 Å². The van der Waals surface area contributed by atoms with E-state index in [2.05, 4.69) is 15.6 Å². The quantitative estimate of drug-likeness (QED) is 0.593. The molecule has 1 aromatic carbocycles. The normalized spacial score (nSPS) is 23.0. The number of anilines is 1. The summed E-state index contributed by atoms with van der Waals surface area (Å²) in [6.07, 6.45) is 10.4. The molecule has 176 valence electrons. The first-order chi connectivity index (χ1) is 16.0. The Bertz CT molecular complexity index is 937. The van der Waals surface area contributed by atoms with E-state index in [-0.39, 0.29) is 34.9 Å². The highest BCUT2D eigenvalue weighted by Crippen LogP contribution is 2.40. The second-order valence-corrected chi connectivity index (χ2v) is 9.57. The van der Waals surface area contributed by atoms with E-state index in [1.54, 1.807) is 24.5 Å². The summed E-state index contributed by atoms with van der Waals surface area (Å²) in [5.41, 5.74) is 8.03. The zero-order valence-corrected chi connectivity index (χ0v) is 18.9. The summed E-state index contributed by atoms with van der Waals surface area (Å²) in [4.78, 5) is 29.4. The molecule has 1 atom stereocenters. The highest BCUT2D eigenvalue weighted by atomic mass is 19.1. The number of nitrogens with zero attached hydrogens (tertiary/aromatic N) is 1. The highest BCUT2D eigenvalue weighted by molar-refractivity contribution is 5.92. The van der Waals surface area contributed by atoms with Crippen LogP contribution < -0.4 is 16.4 Å². The summed E-state index contributed by atoms with van der Waals surface area (Å²) in [7, 11) is 0. The molecule has 4 rings (SSSR count). The van der Waals surface area contributed by atoms with Crippen LogP contribution in [0.5, 0.6) is 0 Å². The van der Waals surface area contributed by atoms with Crippen molar-refractivity contribution in [3.05, 3.63) is 60.2 Å². The van der Waals surface area contributed by atoms with Crippen molar-refractivity contribution in [3.8, 4) is 0 Å². The van der Waals surface area contributed by atoms with Crippen LogP contribution in [0, 0.1) is 17.7 Å². The van der Waals surface area contributed by atoms with Gasteiger partial charge in [0.2, 0.25) is 11.8 Å². The molecule has 33 heavy (non-hydrogen) atoms. The lowest BCUT2D eigenvalue weighted by atomic mass is 9.77. The van der Waals surface area contributed by atoms with Gasteiger partial charge in [-0.1, -0.05) is 25.0 Å². The van der Waals surface area contributed by atoms with Gasteiger partial charge in [0, 0.05) is 36.0 Å². The van der Waals surface area contributed by atoms with Crippen molar-refractivity contribution in [2.75, 3.05) is 11.9 Å². The fraction of sp³-hybridized carbons (Fsp3) is 0.500. The lowest BCUT2D eigenvalue weighted by Gasteiger charge is -2.33. The third kappa shape index (κ3) is 5.58. The van der Waals surface area contributed by atoms with Crippen LogP contribution in [0.2, 0.25) is 0 Å². The largest absolute Gasteiger partial charge is 0.354 e. The van der Waals surface area contributed by atoms with Gasteiger partial charge in [0.05, 0.1) is 6.04 Å². The predicted octanol–water partition coefficient (Wildman–Crippen LogP) is 3.92. The van der Waals surface area contributed by atoms with Crippen LogP contribution in [0.25, 0.3) is 0 Å². The number of nitrogens with two attached hydrogens (primary N) is 1. The van der Waals surface area contributed by atoms with E-state index < -0.39 is 6.04 Å². The van der Waals surface area contributed by atoms with Gasteiger partial charge >= 0.3 is 0 Å². The maximum atomic E-state index is 13.4. The van der Waals surface area contributed by atoms with E-state index in [0.717, 1.165) is 62.6 Å². The first kappa shape index (κ1) is 23.4. The molecule has 2 aliphatic rings. The van der Waals surface area contributed by atoms with Crippen molar-refractivity contribution in [1.82, 2.24) is 10.3 Å². The summed E-state index contributed by atoms with van der Waals surface area (Å²) < 4.78 is 13.4. The Labute approximate surface area is 194 Å². The van der Waals surface area contributed by atoms with Crippen LogP contribution >= 0.6 is 0 Å². The van der Waals surface area contributed by atoms with Crippen molar-refractivity contribution >= 4 is 17.5 Å². The summed E-state index contributed by atoms with van der Waals surface area (Å²) in [5, 5.41) is 6.04. The molecule has 2 aliphatic carbocycles. The third-order valence-corrected chi connectivity index (χ3v) is 7.52. The van der Waals surface area contributed by atoms with Crippen molar-refractivity contribution in [1.29, 1.82) is 0 Å². The number of carbonyl (C=O) groups excluding carboxylic acids is 2. The molecule has 4 N–H and O–H groups in total. The van der Waals surface area contributed by atoms with E-state index in [1.165, 1.54) is 12.1 Å². The summed E-state index contributed by atoms with van der Waals surface area (Å²) in [6, 6.07) is 9.62. The molecule has 0 aliphatic heterocycles. The van der Waals surface area contributed by atoms with Crippen LogP contribution in [0.4, 0.5) is 10.1 Å². The first-order valence-electron chi connectivity index (χ1n) is 12.0. The zero-order valence-electron chi connectivity index (χ0n) is 18.9. The first-order valence-corrected chi connectivity index (χ1v) is 12.0. The molecule has 0 unspecified atom stereocenters. The molecule has 2 amide bonds. The smallest absolute Gasteiger partial charge is 0.237 e. The van der Waals surface area contributed by atoms with Gasteiger partial charge in [-0.3, -0.25) is 14.6 Å². The summed E-state index contributed by atoms with van der Waals surface area (Å²) in [5.74, 6) is -0.360. The number of hydrogen-bond acceptors (Lipinski definition) is 4. The standard InChI is InChI=1S/C26H33FN4O2/c27-21-9-7-20(8-10-21)26(13-1-2-14-26)17-30-25(33)23(28)18-3-5-19(6-4-18)24(32)31-22-11-15-29-16-12-22/h7-12,15-16,18-19,23H,1-6,13-14,17,28H2,(H,30,33)(H,29,31,32)/t18?,19?,23-/m0/s1. The molecule has 0 bridgehead atoms. The number of aromatic nitrogens is 1. The molecule has 6 nitrogen and oxygen atoms in total. The van der Waals surface area contributed by atoms with Gasteiger partial charge in [0.15, 0.2) is 0 Å². The van der Waals surface area contributed by atoms with Crippen molar-refractivity contribution < 1.29 is 14.0 Å². The van der Waals surface area contributed by atoms with Crippen LogP contribution in [0.1, 0.15) is 56.9 Å². The highest BCUT2D eigenvalue weighted by Gasteiger charge is 2.37. The van der Waals surface area contributed by atoms with Crippen molar-refractivity contribution in [2.24, 2.45) is 17.6 Å². The number of nitrogens with one attached hydrogen (secondary N) is 2. The maximum Gasteiger partial charge on any atom is 0.237 e. The van der Waals surface area contributed by atoms with E-state index in [9.17, 15) is 14.0 Å². The van der Waals surface area contributed by atoms with Gasteiger partial charge in [0.25, 0.3) is 0 Å². The van der Waals surface area contributed by atoms with Crippen LogP contribution in [-0.4, -0.2) is 29.4 Å². The zero-order chi connectivity index (χ0) is 23.3. The Morgan fingerprint density at radius 2 is 1.67 bits per heavy atom. The number of pyridine rings is 1. The fourth-order valence-corrected chi connectivity index (χ4v) is 5.43. The lowest BCUT2D eigenvalue weighted by Crippen LogP contribution is -2.50. The Morgan fingerprint density at radius 1 is 1.03 bits per heavy atom. The SMILES string of the molecule is N[C@H](C(=O)NCC1(c2ccc(F)cc2)CCCC1)C1CCC(C(=O)Nc2ccncc2)CC1. The lowest BCUT2D eigenvalue weighted by molar-refractivity contribution is -0.124. The molecule has 2 saturated carbocycles. The van der Waals surface area contributed by atoms with Crippen LogP contribution in [0.3, 0.4) is 0 Å². The summed E-state index contributed by atoms with van der Waals surface area (Å²) in [6.45, 7) is 0.523. The monoisotopic (exact) mass is 452 g/mol. The fourth-order valence-electron chi connectivity index (χ4n) is 5.43. The van der Waals surface area contributed by atoms with Gasteiger partial charge in [0.1, 0.15) is 5.82 Å². The van der Waals surface area contributed by atoms with Crippen LogP contribution in [-0.2, 0) is 15.0 Å². The van der Waals surface area contributed by atoms with Gasteiger partial charge < -0.3 is 16.4 Å². The van der Waals surface area contributed by atoms with Crippen molar-refractivity contribution in [3.63, 3.8) is 0 Å². The molecule has 0 saturated heterocycles. The minimum atomic E-state index is -0.583. The number of benzene rings is 1. The molecule has 0 radical (unpaired) electrons. The predicted molar refractivity (Wildman–Crippen MR) is 126 cm³/mol. The minimum Gasteiger partial charge on any atom is -0.354 e. The molecular weight excluding hydrogens is 419 g/mol. The Kier molecular flexibility index (Phi) is 7.38. The van der Waals surface area contributed by atoms with E-state index in [1.807, 2.05) is 12.1 Å². The molecule has 7 heteroatoms. The molecular formula is C26H33FN4O2. The maximum absolute atomic E-state index is 13.4. The van der Waals surface area contributed by atoms with Gasteiger partial charge in [-0.2, -0.15) is 0 Å². The Morgan fingerprint density at radius 3 is 2.30 bits per heavy atom. The number of carbonyl (C=O) groups is 2.